The molecule has 0 radical (unpaired) electrons. The molecule has 0 amide bonds. The van der Waals surface area contributed by atoms with Crippen LogP contribution >= 0.6 is 0 Å². The molecule has 0 unspecified atom stereocenters. The van der Waals surface area contributed by atoms with Crippen molar-refractivity contribution >= 4 is 0 Å². The maximum Gasteiger partial charge on any atom is 0.195 e. The van der Waals surface area contributed by atoms with Gasteiger partial charge in [-0.05, 0) is 31.7 Å². The average molecular weight is 245 g/mol. The lowest BCUT2D eigenvalue weighted by molar-refractivity contribution is -0.104. The second-order valence-electron chi connectivity index (χ2n) is 4.59. The number of hydroxylamine groups is 2. The van der Waals surface area contributed by atoms with Crippen LogP contribution in [0.25, 0.3) is 0 Å². The molecule has 1 aliphatic carbocycles. The molecule has 0 fully saturated rings. The van der Waals surface area contributed by atoms with Crippen LogP contribution in [0, 0.1) is 0 Å². The fraction of sp³-hybridized carbons (Fsp3) is 0.385. The van der Waals surface area contributed by atoms with E-state index in [0.717, 1.165) is 42.1 Å². The molecular weight excluding hydrogens is 230 g/mol. The van der Waals surface area contributed by atoms with Gasteiger partial charge < -0.3 is 5.11 Å². The number of allylic oxidation sites excluding steroid dienone is 2. The molecule has 5 heteroatoms. The summed E-state index contributed by atoms with van der Waals surface area (Å²) in [5, 5.41) is 29.5. The smallest absolute Gasteiger partial charge is 0.195 e. The standard InChI is InChI=1S/C13H15N3O2/c17-12-8-4-1-5-9(12)13-15-14-10-6-2-3-7-11(10)16(13)18/h1,4-5,8,13,17-18H,2-3,6-7H2/t13-/m0/s1. The maximum atomic E-state index is 10.3. The minimum atomic E-state index is -0.636. The summed E-state index contributed by atoms with van der Waals surface area (Å²) in [6.45, 7) is 0. The van der Waals surface area contributed by atoms with Crippen molar-refractivity contribution in [2.45, 2.75) is 31.8 Å². The van der Waals surface area contributed by atoms with Crippen LogP contribution in [0.3, 0.4) is 0 Å². The zero-order chi connectivity index (χ0) is 12.5. The molecule has 18 heavy (non-hydrogen) atoms. The van der Waals surface area contributed by atoms with Crippen LogP contribution in [-0.4, -0.2) is 15.4 Å². The molecule has 5 nitrogen and oxygen atoms in total. The van der Waals surface area contributed by atoms with Gasteiger partial charge in [0.2, 0.25) is 0 Å². The Bertz CT molecular complexity index is 525. The first kappa shape index (κ1) is 11.2. The van der Waals surface area contributed by atoms with E-state index in [4.69, 9.17) is 0 Å². The molecule has 2 aliphatic rings. The van der Waals surface area contributed by atoms with E-state index in [1.807, 2.05) is 6.07 Å². The number of phenolic OH excluding ortho intramolecular Hbond substituents is 1. The van der Waals surface area contributed by atoms with Gasteiger partial charge in [-0.3, -0.25) is 5.21 Å². The lowest BCUT2D eigenvalue weighted by Crippen LogP contribution is -2.28. The molecule has 0 aromatic heterocycles. The Labute approximate surface area is 105 Å². The Hall–Kier alpha value is -1.88. The van der Waals surface area contributed by atoms with Crippen LogP contribution < -0.4 is 0 Å². The molecule has 1 aromatic rings. The minimum absolute atomic E-state index is 0.125. The third-order valence-electron chi connectivity index (χ3n) is 3.42. The summed E-state index contributed by atoms with van der Waals surface area (Å²) in [7, 11) is 0. The summed E-state index contributed by atoms with van der Waals surface area (Å²) in [6.07, 6.45) is 3.19. The Balaban J connectivity index is 1.96. The van der Waals surface area contributed by atoms with Gasteiger partial charge >= 0.3 is 0 Å². The third-order valence-corrected chi connectivity index (χ3v) is 3.42. The normalized spacial score (nSPS) is 23.2. The highest BCUT2D eigenvalue weighted by Crippen LogP contribution is 2.39. The molecule has 2 N–H and O–H groups in total. The van der Waals surface area contributed by atoms with Crippen molar-refractivity contribution in [1.29, 1.82) is 0 Å². The van der Waals surface area contributed by atoms with Crippen LogP contribution in [0.5, 0.6) is 5.75 Å². The average Bonchev–Trinajstić information content (AvgIpc) is 2.41. The monoisotopic (exact) mass is 245 g/mol. The predicted octanol–water partition coefficient (Wildman–Crippen LogP) is 3.33. The van der Waals surface area contributed by atoms with Gasteiger partial charge in [-0.15, -0.1) is 0 Å². The van der Waals surface area contributed by atoms with Gasteiger partial charge in [-0.2, -0.15) is 10.2 Å². The van der Waals surface area contributed by atoms with Gasteiger partial charge in [0, 0.05) is 5.56 Å². The number of benzene rings is 1. The van der Waals surface area contributed by atoms with Gasteiger partial charge in [-0.1, -0.05) is 18.2 Å². The largest absolute Gasteiger partial charge is 0.508 e. The molecule has 1 aromatic carbocycles. The summed E-state index contributed by atoms with van der Waals surface area (Å²) >= 11 is 0. The molecule has 0 saturated carbocycles. The summed E-state index contributed by atoms with van der Waals surface area (Å²) < 4.78 is 0. The highest BCUT2D eigenvalue weighted by Gasteiger charge is 2.30. The van der Waals surface area contributed by atoms with Crippen molar-refractivity contribution < 1.29 is 10.3 Å². The number of phenols is 1. The minimum Gasteiger partial charge on any atom is -0.508 e. The fourth-order valence-corrected chi connectivity index (χ4v) is 2.45. The SMILES string of the molecule is Oc1ccccc1[C@H]1N=NC2=C(CCCC2)N1O. The Morgan fingerprint density at radius 3 is 2.78 bits per heavy atom. The number of aromatic hydroxyl groups is 1. The van der Waals surface area contributed by atoms with E-state index in [2.05, 4.69) is 10.2 Å². The van der Waals surface area contributed by atoms with Gasteiger partial charge in [0.15, 0.2) is 6.17 Å². The Morgan fingerprint density at radius 1 is 1.17 bits per heavy atom. The summed E-state index contributed by atoms with van der Waals surface area (Å²) in [5.41, 5.74) is 2.28. The third kappa shape index (κ3) is 1.76. The maximum absolute atomic E-state index is 10.3. The van der Waals surface area contributed by atoms with Crippen LogP contribution in [-0.2, 0) is 0 Å². The van der Waals surface area contributed by atoms with E-state index in [9.17, 15) is 10.3 Å². The topological polar surface area (TPSA) is 68.4 Å². The highest BCUT2D eigenvalue weighted by molar-refractivity contribution is 5.35. The predicted molar refractivity (Wildman–Crippen MR) is 64.8 cm³/mol. The van der Waals surface area contributed by atoms with Crippen molar-refractivity contribution in [3.63, 3.8) is 0 Å². The zero-order valence-electron chi connectivity index (χ0n) is 9.95. The first-order valence-corrected chi connectivity index (χ1v) is 6.16. The number of hydrogen-bond donors (Lipinski definition) is 2. The van der Waals surface area contributed by atoms with E-state index >= 15 is 0 Å². The van der Waals surface area contributed by atoms with Crippen molar-refractivity contribution in [3.05, 3.63) is 41.2 Å². The number of nitrogens with zero attached hydrogens (tertiary/aromatic N) is 3. The van der Waals surface area contributed by atoms with E-state index in [-0.39, 0.29) is 5.75 Å². The fourth-order valence-electron chi connectivity index (χ4n) is 2.45. The van der Waals surface area contributed by atoms with Crippen LogP contribution in [0.1, 0.15) is 37.4 Å². The zero-order valence-corrected chi connectivity index (χ0v) is 9.95. The van der Waals surface area contributed by atoms with Crippen LogP contribution in [0.15, 0.2) is 45.9 Å². The van der Waals surface area contributed by atoms with Crippen LogP contribution in [0.2, 0.25) is 0 Å². The molecule has 1 atom stereocenters. The van der Waals surface area contributed by atoms with Crippen molar-refractivity contribution in [2.75, 3.05) is 0 Å². The molecule has 1 aliphatic heterocycles. The van der Waals surface area contributed by atoms with Gasteiger partial charge in [0.25, 0.3) is 0 Å². The second-order valence-corrected chi connectivity index (χ2v) is 4.59. The molecule has 3 rings (SSSR count). The van der Waals surface area contributed by atoms with E-state index in [1.165, 1.54) is 0 Å². The number of hydrogen-bond acceptors (Lipinski definition) is 5. The van der Waals surface area contributed by atoms with Crippen molar-refractivity contribution in [2.24, 2.45) is 10.2 Å². The Morgan fingerprint density at radius 2 is 1.94 bits per heavy atom. The van der Waals surface area contributed by atoms with E-state index in [0.29, 0.717) is 5.56 Å². The molecule has 0 saturated heterocycles. The number of azo groups is 1. The summed E-state index contributed by atoms with van der Waals surface area (Å²) in [6, 6.07) is 6.88. The molecular formula is C13H15N3O2. The second kappa shape index (κ2) is 4.42. The molecule has 94 valence electrons. The highest BCUT2D eigenvalue weighted by atomic mass is 16.5. The van der Waals surface area contributed by atoms with Gasteiger partial charge in [-0.25, -0.2) is 5.06 Å². The lowest BCUT2D eigenvalue weighted by Gasteiger charge is -2.32. The summed E-state index contributed by atoms with van der Waals surface area (Å²) in [5.74, 6) is 0.125. The Kier molecular flexibility index (Phi) is 2.76. The quantitative estimate of drug-likeness (QED) is 0.797. The van der Waals surface area contributed by atoms with E-state index in [1.54, 1.807) is 18.2 Å². The number of para-hydroxylation sites is 1. The summed E-state index contributed by atoms with van der Waals surface area (Å²) in [4.78, 5) is 0. The first-order chi connectivity index (χ1) is 8.77. The molecule has 1 heterocycles. The molecule has 0 bridgehead atoms. The van der Waals surface area contributed by atoms with Gasteiger partial charge in [0.1, 0.15) is 5.75 Å². The van der Waals surface area contributed by atoms with Crippen LogP contribution in [0.4, 0.5) is 0 Å². The number of rotatable bonds is 1. The molecule has 0 spiro atoms. The lowest BCUT2D eigenvalue weighted by atomic mass is 10.00. The van der Waals surface area contributed by atoms with Crippen molar-refractivity contribution in [1.82, 2.24) is 5.06 Å². The van der Waals surface area contributed by atoms with Gasteiger partial charge in [0.05, 0.1) is 11.4 Å². The first-order valence-electron chi connectivity index (χ1n) is 6.16. The van der Waals surface area contributed by atoms with E-state index < -0.39 is 6.17 Å². The van der Waals surface area contributed by atoms with Crippen molar-refractivity contribution in [3.8, 4) is 5.75 Å².